The van der Waals surface area contributed by atoms with Gasteiger partial charge in [0, 0.05) is 6.04 Å². The van der Waals surface area contributed by atoms with Crippen LogP contribution in [0, 0.1) is 11.7 Å². The van der Waals surface area contributed by atoms with Crippen molar-refractivity contribution in [2.45, 2.75) is 32.2 Å². The van der Waals surface area contributed by atoms with E-state index in [-0.39, 0.29) is 5.82 Å². The van der Waals surface area contributed by atoms with Crippen molar-refractivity contribution in [3.63, 3.8) is 0 Å². The molecule has 1 fully saturated rings. The number of halogens is 1. The maximum Gasteiger partial charge on any atom is 0.146 e. The van der Waals surface area contributed by atoms with Gasteiger partial charge >= 0.3 is 0 Å². The lowest BCUT2D eigenvalue weighted by atomic mass is 10.1. The number of hydrogen-bond acceptors (Lipinski definition) is 1. The van der Waals surface area contributed by atoms with Crippen LogP contribution < -0.4 is 5.32 Å². The van der Waals surface area contributed by atoms with E-state index in [1.807, 2.05) is 6.07 Å². The second-order valence-electron chi connectivity index (χ2n) is 4.14. The third-order valence-electron chi connectivity index (χ3n) is 3.08. The van der Waals surface area contributed by atoms with Crippen LogP contribution in [0.1, 0.15) is 26.2 Å². The standard InChI is InChI=1S/C12H16FN/c1-9-5-4-8-11(9)14-12-7-3-2-6-10(12)13/h2-3,6-7,9,11,14H,4-5,8H2,1H3/t9-,11-/m1/s1. The molecule has 1 nitrogen and oxygen atoms in total. The lowest BCUT2D eigenvalue weighted by Gasteiger charge is -2.18. The van der Waals surface area contributed by atoms with Crippen LogP contribution in [0.25, 0.3) is 0 Å². The molecule has 0 aromatic heterocycles. The Morgan fingerprint density at radius 3 is 2.71 bits per heavy atom. The molecule has 0 radical (unpaired) electrons. The van der Waals surface area contributed by atoms with Gasteiger partial charge in [-0.05, 0) is 30.9 Å². The molecule has 1 aliphatic rings. The van der Waals surface area contributed by atoms with E-state index in [1.54, 1.807) is 12.1 Å². The minimum atomic E-state index is -0.147. The van der Waals surface area contributed by atoms with Crippen molar-refractivity contribution in [3.05, 3.63) is 30.1 Å². The Morgan fingerprint density at radius 2 is 2.07 bits per heavy atom. The molecular weight excluding hydrogens is 177 g/mol. The molecule has 0 saturated heterocycles. The second kappa shape index (κ2) is 3.99. The monoisotopic (exact) mass is 193 g/mol. The average Bonchev–Trinajstić information content (AvgIpc) is 2.56. The van der Waals surface area contributed by atoms with Gasteiger partial charge in [-0.15, -0.1) is 0 Å². The van der Waals surface area contributed by atoms with Crippen molar-refractivity contribution in [1.29, 1.82) is 0 Å². The highest BCUT2D eigenvalue weighted by Gasteiger charge is 2.23. The van der Waals surface area contributed by atoms with Gasteiger partial charge in [-0.2, -0.15) is 0 Å². The van der Waals surface area contributed by atoms with Crippen molar-refractivity contribution in [2.75, 3.05) is 5.32 Å². The van der Waals surface area contributed by atoms with Crippen LogP contribution in [0.2, 0.25) is 0 Å². The average molecular weight is 193 g/mol. The van der Waals surface area contributed by atoms with E-state index in [0.29, 0.717) is 17.6 Å². The molecule has 1 aliphatic carbocycles. The molecule has 2 rings (SSSR count). The maximum atomic E-state index is 13.3. The summed E-state index contributed by atoms with van der Waals surface area (Å²) in [5.41, 5.74) is 0.645. The normalized spacial score (nSPS) is 26.4. The third-order valence-corrected chi connectivity index (χ3v) is 3.08. The van der Waals surface area contributed by atoms with Crippen molar-refractivity contribution in [3.8, 4) is 0 Å². The number of para-hydroxylation sites is 1. The summed E-state index contributed by atoms with van der Waals surface area (Å²) in [6, 6.07) is 7.35. The Labute approximate surface area is 84.3 Å². The first kappa shape index (κ1) is 9.50. The van der Waals surface area contributed by atoms with Crippen LogP contribution in [0.4, 0.5) is 10.1 Å². The Bertz CT molecular complexity index is 311. The van der Waals surface area contributed by atoms with E-state index < -0.39 is 0 Å². The van der Waals surface area contributed by atoms with E-state index in [4.69, 9.17) is 0 Å². The fourth-order valence-corrected chi connectivity index (χ4v) is 2.14. The number of nitrogens with one attached hydrogen (secondary N) is 1. The van der Waals surface area contributed by atoms with Crippen LogP contribution in [0.15, 0.2) is 24.3 Å². The Balaban J connectivity index is 2.07. The van der Waals surface area contributed by atoms with E-state index in [9.17, 15) is 4.39 Å². The summed E-state index contributed by atoms with van der Waals surface area (Å²) < 4.78 is 13.3. The highest BCUT2D eigenvalue weighted by Crippen LogP contribution is 2.28. The maximum absolute atomic E-state index is 13.3. The molecule has 1 aromatic rings. The topological polar surface area (TPSA) is 12.0 Å². The molecule has 0 bridgehead atoms. The molecular formula is C12H16FN. The van der Waals surface area contributed by atoms with E-state index >= 15 is 0 Å². The fraction of sp³-hybridized carbons (Fsp3) is 0.500. The molecule has 0 heterocycles. The quantitative estimate of drug-likeness (QED) is 0.758. The van der Waals surface area contributed by atoms with Crippen molar-refractivity contribution < 1.29 is 4.39 Å². The first-order valence-corrected chi connectivity index (χ1v) is 5.28. The summed E-state index contributed by atoms with van der Waals surface area (Å²) in [6.45, 7) is 2.23. The molecule has 1 N–H and O–H groups in total. The molecule has 14 heavy (non-hydrogen) atoms. The third kappa shape index (κ3) is 1.89. The van der Waals surface area contributed by atoms with Gasteiger partial charge in [0.25, 0.3) is 0 Å². The van der Waals surface area contributed by atoms with Crippen molar-refractivity contribution >= 4 is 5.69 Å². The highest BCUT2D eigenvalue weighted by atomic mass is 19.1. The molecule has 0 aliphatic heterocycles. The number of hydrogen-bond donors (Lipinski definition) is 1. The van der Waals surface area contributed by atoms with Gasteiger partial charge in [0.05, 0.1) is 5.69 Å². The first-order valence-electron chi connectivity index (χ1n) is 5.28. The smallest absolute Gasteiger partial charge is 0.146 e. The summed E-state index contributed by atoms with van der Waals surface area (Å²) in [6.07, 6.45) is 3.68. The van der Waals surface area contributed by atoms with Crippen LogP contribution in [-0.4, -0.2) is 6.04 Å². The summed E-state index contributed by atoms with van der Waals surface area (Å²) in [7, 11) is 0. The molecule has 1 aromatic carbocycles. The SMILES string of the molecule is C[C@@H]1CCC[C@H]1Nc1ccccc1F. The second-order valence-corrected chi connectivity index (χ2v) is 4.14. The largest absolute Gasteiger partial charge is 0.380 e. The fourth-order valence-electron chi connectivity index (χ4n) is 2.14. The lowest BCUT2D eigenvalue weighted by Crippen LogP contribution is -2.22. The van der Waals surface area contributed by atoms with E-state index in [1.165, 1.54) is 18.9 Å². The zero-order valence-electron chi connectivity index (χ0n) is 8.46. The molecule has 0 unspecified atom stereocenters. The first-order chi connectivity index (χ1) is 6.77. The van der Waals surface area contributed by atoms with Gasteiger partial charge < -0.3 is 5.32 Å². The van der Waals surface area contributed by atoms with Crippen molar-refractivity contribution in [2.24, 2.45) is 5.92 Å². The summed E-state index contributed by atoms with van der Waals surface area (Å²) in [5, 5.41) is 3.28. The van der Waals surface area contributed by atoms with E-state index in [0.717, 1.165) is 6.42 Å². The Hall–Kier alpha value is -1.05. The van der Waals surface area contributed by atoms with Crippen LogP contribution in [0.3, 0.4) is 0 Å². The summed E-state index contributed by atoms with van der Waals surface area (Å²) in [5.74, 6) is 0.515. The minimum Gasteiger partial charge on any atom is -0.380 e. The van der Waals surface area contributed by atoms with Gasteiger partial charge in [-0.1, -0.05) is 25.5 Å². The summed E-state index contributed by atoms with van der Waals surface area (Å²) in [4.78, 5) is 0. The molecule has 2 heteroatoms. The van der Waals surface area contributed by atoms with Crippen molar-refractivity contribution in [1.82, 2.24) is 0 Å². The van der Waals surface area contributed by atoms with Crippen LogP contribution in [0.5, 0.6) is 0 Å². The van der Waals surface area contributed by atoms with Crippen LogP contribution >= 0.6 is 0 Å². The molecule has 1 saturated carbocycles. The molecule has 0 amide bonds. The van der Waals surface area contributed by atoms with E-state index in [2.05, 4.69) is 12.2 Å². The number of rotatable bonds is 2. The minimum absolute atomic E-state index is 0.147. The van der Waals surface area contributed by atoms with Gasteiger partial charge in [0.2, 0.25) is 0 Å². The predicted octanol–water partition coefficient (Wildman–Crippen LogP) is 3.43. The van der Waals surface area contributed by atoms with Gasteiger partial charge in [0.1, 0.15) is 5.82 Å². The molecule has 0 spiro atoms. The number of benzene rings is 1. The number of anilines is 1. The Kier molecular flexibility index (Phi) is 2.71. The van der Waals surface area contributed by atoms with Gasteiger partial charge in [0.15, 0.2) is 0 Å². The lowest BCUT2D eigenvalue weighted by molar-refractivity contribution is 0.549. The predicted molar refractivity (Wildman–Crippen MR) is 56.8 cm³/mol. The highest BCUT2D eigenvalue weighted by molar-refractivity contribution is 5.45. The van der Waals surface area contributed by atoms with Gasteiger partial charge in [-0.25, -0.2) is 4.39 Å². The zero-order chi connectivity index (χ0) is 9.97. The molecule has 2 atom stereocenters. The Morgan fingerprint density at radius 1 is 1.29 bits per heavy atom. The van der Waals surface area contributed by atoms with Gasteiger partial charge in [-0.3, -0.25) is 0 Å². The summed E-state index contributed by atoms with van der Waals surface area (Å²) >= 11 is 0. The van der Waals surface area contributed by atoms with Crippen LogP contribution in [-0.2, 0) is 0 Å². The molecule has 76 valence electrons. The zero-order valence-corrected chi connectivity index (χ0v) is 8.46.